The first kappa shape index (κ1) is 24.2. The minimum absolute atomic E-state index is 0.102. The number of rotatable bonds is 7. The van der Waals surface area contributed by atoms with E-state index in [-0.39, 0.29) is 23.8 Å². The molecule has 8 heteroatoms. The molecule has 2 amide bonds. The number of likely N-dealkylation sites (tertiary alicyclic amines) is 1. The Morgan fingerprint density at radius 2 is 1.79 bits per heavy atom. The highest BCUT2D eigenvalue weighted by Crippen LogP contribution is 2.20. The van der Waals surface area contributed by atoms with Crippen molar-refractivity contribution in [2.75, 3.05) is 13.2 Å². The molecule has 176 valence electrons. The summed E-state index contributed by atoms with van der Waals surface area (Å²) in [4.78, 5) is 53.4. The van der Waals surface area contributed by atoms with Crippen molar-refractivity contribution >= 4 is 17.8 Å². The molecular formula is C25H31N3O5. The number of esters is 1. The fourth-order valence-electron chi connectivity index (χ4n) is 3.98. The fourth-order valence-corrected chi connectivity index (χ4v) is 3.98. The zero-order chi connectivity index (χ0) is 24.0. The lowest BCUT2D eigenvalue weighted by molar-refractivity contribution is -0.149. The number of ether oxygens (including phenoxy) is 1. The molecule has 3 rings (SSSR count). The summed E-state index contributed by atoms with van der Waals surface area (Å²) in [5.74, 6) is -1.56. The van der Waals surface area contributed by atoms with Crippen LogP contribution in [0.2, 0.25) is 0 Å². The van der Waals surface area contributed by atoms with Gasteiger partial charge in [0.05, 0.1) is 6.61 Å². The average molecular weight is 454 g/mol. The Labute approximate surface area is 193 Å². The van der Waals surface area contributed by atoms with E-state index in [1.807, 2.05) is 30.3 Å². The summed E-state index contributed by atoms with van der Waals surface area (Å²) in [6.07, 6.45) is 4.95. The maximum Gasteiger partial charge on any atom is 0.328 e. The molecule has 1 saturated heterocycles. The van der Waals surface area contributed by atoms with Crippen LogP contribution in [0.25, 0.3) is 0 Å². The summed E-state index contributed by atoms with van der Waals surface area (Å²) in [6.45, 7) is 6.26. The molecule has 1 aliphatic heterocycles. The molecule has 0 aliphatic carbocycles. The van der Waals surface area contributed by atoms with Crippen LogP contribution in [0.5, 0.6) is 0 Å². The van der Waals surface area contributed by atoms with Crippen LogP contribution >= 0.6 is 0 Å². The molecule has 0 saturated carbocycles. The lowest BCUT2D eigenvalue weighted by Gasteiger charge is -2.34. The highest BCUT2D eigenvalue weighted by Gasteiger charge is 2.35. The maximum atomic E-state index is 13.5. The molecule has 1 fully saturated rings. The van der Waals surface area contributed by atoms with Gasteiger partial charge in [0.15, 0.2) is 0 Å². The van der Waals surface area contributed by atoms with Crippen molar-refractivity contribution < 1.29 is 19.1 Å². The summed E-state index contributed by atoms with van der Waals surface area (Å²) < 4.78 is 6.83. The Balaban J connectivity index is 2.03. The van der Waals surface area contributed by atoms with Gasteiger partial charge in [-0.1, -0.05) is 30.3 Å². The first-order valence-corrected chi connectivity index (χ1v) is 11.4. The van der Waals surface area contributed by atoms with Crippen molar-refractivity contribution in [1.82, 2.24) is 14.8 Å². The molecule has 0 bridgehead atoms. The van der Waals surface area contributed by atoms with E-state index in [0.29, 0.717) is 19.5 Å². The molecule has 0 unspecified atom stereocenters. The maximum absolute atomic E-state index is 13.5. The zero-order valence-corrected chi connectivity index (χ0v) is 19.4. The van der Waals surface area contributed by atoms with Gasteiger partial charge in [0, 0.05) is 31.5 Å². The second-order valence-electron chi connectivity index (χ2n) is 8.46. The highest BCUT2D eigenvalue weighted by molar-refractivity contribution is 6.00. The molecule has 8 nitrogen and oxygen atoms in total. The third-order valence-electron chi connectivity index (χ3n) is 5.50. The number of nitrogens with zero attached hydrogens (tertiary/aromatic N) is 2. The number of pyridine rings is 1. The molecule has 33 heavy (non-hydrogen) atoms. The predicted molar refractivity (Wildman–Crippen MR) is 124 cm³/mol. The number of hydrogen-bond donors (Lipinski definition) is 1. The first-order chi connectivity index (χ1) is 15.8. The average Bonchev–Trinajstić information content (AvgIpc) is 2.80. The van der Waals surface area contributed by atoms with Gasteiger partial charge in [0.2, 0.25) is 5.43 Å². The smallest absolute Gasteiger partial charge is 0.328 e. The van der Waals surface area contributed by atoms with E-state index in [1.54, 1.807) is 25.3 Å². The fraction of sp³-hybridized carbons (Fsp3) is 0.440. The van der Waals surface area contributed by atoms with Crippen molar-refractivity contribution in [3.05, 3.63) is 69.6 Å². The lowest BCUT2D eigenvalue weighted by atomic mass is 10.0. The first-order valence-electron chi connectivity index (χ1n) is 11.4. The molecule has 1 N–H and O–H groups in total. The monoisotopic (exact) mass is 453 g/mol. The van der Waals surface area contributed by atoms with Crippen LogP contribution in [-0.4, -0.2) is 52.5 Å². The molecule has 0 radical (unpaired) electrons. The van der Waals surface area contributed by atoms with Gasteiger partial charge in [0.1, 0.15) is 17.2 Å². The molecule has 0 spiro atoms. The number of nitrogens with one attached hydrogen (secondary N) is 1. The lowest BCUT2D eigenvalue weighted by Crippen LogP contribution is -2.50. The third kappa shape index (κ3) is 5.88. The zero-order valence-electron chi connectivity index (χ0n) is 19.4. The Bertz CT molecular complexity index is 1060. The number of amides is 2. The summed E-state index contributed by atoms with van der Waals surface area (Å²) in [7, 11) is 0. The Morgan fingerprint density at radius 1 is 1.09 bits per heavy atom. The minimum Gasteiger partial charge on any atom is -0.464 e. The van der Waals surface area contributed by atoms with Crippen molar-refractivity contribution in [2.45, 2.75) is 58.7 Å². The Hall–Kier alpha value is -3.42. The van der Waals surface area contributed by atoms with E-state index in [1.165, 1.54) is 17.3 Å². The van der Waals surface area contributed by atoms with E-state index in [4.69, 9.17) is 4.74 Å². The van der Waals surface area contributed by atoms with Crippen molar-refractivity contribution in [3.63, 3.8) is 0 Å². The normalized spacial score (nSPS) is 15.9. The molecule has 1 aromatic heterocycles. The number of aromatic nitrogens is 1. The summed E-state index contributed by atoms with van der Waals surface area (Å²) in [5, 5.41) is 2.73. The van der Waals surface area contributed by atoms with Gasteiger partial charge >= 0.3 is 5.97 Å². The number of piperidine rings is 1. The van der Waals surface area contributed by atoms with Crippen LogP contribution in [0.1, 0.15) is 66.3 Å². The van der Waals surface area contributed by atoms with E-state index in [0.717, 1.165) is 18.4 Å². The van der Waals surface area contributed by atoms with E-state index >= 15 is 0 Å². The molecular weight excluding hydrogens is 422 g/mol. The molecule has 1 aliphatic rings. The van der Waals surface area contributed by atoms with Gasteiger partial charge in [-0.25, -0.2) is 4.79 Å². The molecule has 2 aromatic rings. The number of carbonyl (C=O) groups excluding carboxylic acids is 3. The number of carbonyl (C=O) groups is 3. The summed E-state index contributed by atoms with van der Waals surface area (Å²) in [5.41, 5.74) is 0.0847. The van der Waals surface area contributed by atoms with Gasteiger partial charge < -0.3 is 19.5 Å². The molecule has 1 atom stereocenters. The predicted octanol–water partition coefficient (Wildman–Crippen LogP) is 2.59. The van der Waals surface area contributed by atoms with E-state index in [2.05, 4.69) is 5.32 Å². The van der Waals surface area contributed by atoms with Crippen molar-refractivity contribution in [3.8, 4) is 0 Å². The molecule has 1 aromatic carbocycles. The SMILES string of the molecule is CCOC(=O)[C@@H]1CCCCN1C(=O)c1cn(Cc2ccccc2)cc(C(=O)NC(C)C)c1=O. The van der Waals surface area contributed by atoms with Gasteiger partial charge in [0.25, 0.3) is 11.8 Å². The Kier molecular flexibility index (Phi) is 8.03. The van der Waals surface area contributed by atoms with Gasteiger partial charge in [-0.2, -0.15) is 0 Å². The van der Waals surface area contributed by atoms with Crippen LogP contribution in [0.4, 0.5) is 0 Å². The van der Waals surface area contributed by atoms with E-state index in [9.17, 15) is 19.2 Å². The second kappa shape index (κ2) is 10.9. The largest absolute Gasteiger partial charge is 0.464 e. The summed E-state index contributed by atoms with van der Waals surface area (Å²) >= 11 is 0. The van der Waals surface area contributed by atoms with Gasteiger partial charge in [-0.3, -0.25) is 14.4 Å². The standard InChI is InChI=1S/C25H31N3O5/c1-4-33-25(32)21-12-8-9-13-28(21)24(31)20-16-27(14-18-10-6-5-7-11-18)15-19(22(20)29)23(30)26-17(2)3/h5-7,10-11,15-17,21H,4,8-9,12-14H2,1-3H3,(H,26,30)/t21-/m0/s1. The van der Waals surface area contributed by atoms with Crippen LogP contribution < -0.4 is 10.7 Å². The second-order valence-corrected chi connectivity index (χ2v) is 8.46. The van der Waals surface area contributed by atoms with E-state index < -0.39 is 29.3 Å². The van der Waals surface area contributed by atoms with Crippen molar-refractivity contribution in [2.24, 2.45) is 0 Å². The van der Waals surface area contributed by atoms with Crippen LogP contribution in [-0.2, 0) is 16.1 Å². The van der Waals surface area contributed by atoms with Gasteiger partial charge in [-0.05, 0) is 45.6 Å². The van der Waals surface area contributed by atoms with Crippen LogP contribution in [0.3, 0.4) is 0 Å². The van der Waals surface area contributed by atoms with Crippen LogP contribution in [0.15, 0.2) is 47.5 Å². The minimum atomic E-state index is -0.735. The number of benzene rings is 1. The van der Waals surface area contributed by atoms with Crippen LogP contribution in [0, 0.1) is 0 Å². The summed E-state index contributed by atoms with van der Waals surface area (Å²) in [6, 6.07) is 8.64. The quantitative estimate of drug-likeness (QED) is 0.650. The van der Waals surface area contributed by atoms with Gasteiger partial charge in [-0.15, -0.1) is 0 Å². The third-order valence-corrected chi connectivity index (χ3v) is 5.50. The molecule has 2 heterocycles. The Morgan fingerprint density at radius 3 is 2.45 bits per heavy atom. The van der Waals surface area contributed by atoms with Crippen molar-refractivity contribution in [1.29, 1.82) is 0 Å². The topological polar surface area (TPSA) is 97.7 Å². The number of hydrogen-bond acceptors (Lipinski definition) is 5. The highest BCUT2D eigenvalue weighted by atomic mass is 16.5.